The maximum absolute atomic E-state index is 4.26. The molecule has 0 spiro atoms. The van der Waals surface area contributed by atoms with Crippen LogP contribution in [-0.2, 0) is 13.5 Å². The number of hydrogen-bond donors (Lipinski definition) is 1. The van der Waals surface area contributed by atoms with Crippen LogP contribution in [0.4, 0.5) is 0 Å². The van der Waals surface area contributed by atoms with E-state index in [0.717, 1.165) is 24.8 Å². The lowest BCUT2D eigenvalue weighted by atomic mass is 10.00. The van der Waals surface area contributed by atoms with Crippen molar-refractivity contribution in [3.8, 4) is 0 Å². The Balaban J connectivity index is 1.58. The van der Waals surface area contributed by atoms with Gasteiger partial charge < -0.3 is 5.32 Å². The Morgan fingerprint density at radius 1 is 1.33 bits per heavy atom. The average molecular weight is 283 g/mol. The summed E-state index contributed by atoms with van der Waals surface area (Å²) in [5, 5.41) is 7.95. The van der Waals surface area contributed by atoms with Crippen molar-refractivity contribution < 1.29 is 0 Å². The van der Waals surface area contributed by atoms with Gasteiger partial charge in [0.15, 0.2) is 0 Å². The summed E-state index contributed by atoms with van der Waals surface area (Å²) in [6.45, 7) is 3.26. The molecule has 3 atom stereocenters. The number of rotatable bonds is 7. The van der Waals surface area contributed by atoms with Crippen molar-refractivity contribution in [1.29, 1.82) is 0 Å². The molecule has 3 rings (SSSR count). The molecule has 2 aromatic rings. The van der Waals surface area contributed by atoms with Gasteiger partial charge in [0.25, 0.3) is 0 Å². The Labute approximate surface area is 127 Å². The molecule has 0 amide bonds. The van der Waals surface area contributed by atoms with Gasteiger partial charge in [-0.15, -0.1) is 0 Å². The van der Waals surface area contributed by atoms with Crippen LogP contribution in [0.15, 0.2) is 42.7 Å². The van der Waals surface area contributed by atoms with Crippen molar-refractivity contribution in [3.63, 3.8) is 0 Å². The number of nitrogens with zero attached hydrogens (tertiary/aromatic N) is 2. The molecule has 3 nitrogen and oxygen atoms in total. The summed E-state index contributed by atoms with van der Waals surface area (Å²) in [5.41, 5.74) is 2.85. The van der Waals surface area contributed by atoms with Crippen molar-refractivity contribution in [1.82, 2.24) is 15.1 Å². The molecular weight excluding hydrogens is 258 g/mol. The molecule has 0 bridgehead atoms. The fourth-order valence-corrected chi connectivity index (χ4v) is 3.40. The van der Waals surface area contributed by atoms with Crippen LogP contribution < -0.4 is 5.32 Å². The fraction of sp³-hybridized carbons (Fsp3) is 0.500. The molecule has 1 fully saturated rings. The standard InChI is InChI=1S/C18H25N3/c1-3-19-18(10-9-14-12-20-21(2)13-14)17-11-16(17)15-7-5-4-6-8-15/h4-8,12-13,16-19H,3,9-11H2,1-2H3. The minimum absolute atomic E-state index is 0.625. The van der Waals surface area contributed by atoms with Gasteiger partial charge in [-0.1, -0.05) is 37.3 Å². The van der Waals surface area contributed by atoms with Gasteiger partial charge in [0.1, 0.15) is 0 Å². The number of benzene rings is 1. The molecule has 1 saturated carbocycles. The predicted octanol–water partition coefficient (Wildman–Crippen LogP) is 3.13. The molecule has 1 aromatic heterocycles. The van der Waals surface area contributed by atoms with Gasteiger partial charge in [-0.2, -0.15) is 5.10 Å². The average Bonchev–Trinajstić information content (AvgIpc) is 3.20. The van der Waals surface area contributed by atoms with E-state index in [9.17, 15) is 0 Å². The molecule has 112 valence electrons. The topological polar surface area (TPSA) is 29.9 Å². The fourth-order valence-electron chi connectivity index (χ4n) is 3.40. The summed E-state index contributed by atoms with van der Waals surface area (Å²) in [7, 11) is 1.98. The first-order valence-corrected chi connectivity index (χ1v) is 8.03. The monoisotopic (exact) mass is 283 g/mol. The van der Waals surface area contributed by atoms with E-state index in [1.807, 2.05) is 17.9 Å². The van der Waals surface area contributed by atoms with Crippen molar-refractivity contribution in [3.05, 3.63) is 53.9 Å². The third-order valence-electron chi connectivity index (χ3n) is 4.55. The first-order valence-electron chi connectivity index (χ1n) is 8.03. The summed E-state index contributed by atoms with van der Waals surface area (Å²) >= 11 is 0. The number of aryl methyl sites for hydroxylation is 2. The Morgan fingerprint density at radius 2 is 2.14 bits per heavy atom. The molecule has 0 saturated heterocycles. The molecule has 3 unspecified atom stereocenters. The summed E-state index contributed by atoms with van der Waals surface area (Å²) < 4.78 is 1.89. The lowest BCUT2D eigenvalue weighted by Gasteiger charge is -2.18. The Bertz CT molecular complexity index is 561. The van der Waals surface area contributed by atoms with Crippen LogP contribution in [0, 0.1) is 5.92 Å². The highest BCUT2D eigenvalue weighted by Gasteiger charge is 2.43. The second kappa shape index (κ2) is 6.44. The quantitative estimate of drug-likeness (QED) is 0.846. The van der Waals surface area contributed by atoms with Crippen LogP contribution in [0.2, 0.25) is 0 Å². The zero-order valence-corrected chi connectivity index (χ0v) is 13.0. The van der Waals surface area contributed by atoms with Crippen molar-refractivity contribution in [2.45, 2.75) is 38.1 Å². The van der Waals surface area contributed by atoms with Crippen LogP contribution >= 0.6 is 0 Å². The zero-order chi connectivity index (χ0) is 14.7. The van der Waals surface area contributed by atoms with Gasteiger partial charge in [-0.05, 0) is 48.8 Å². The van der Waals surface area contributed by atoms with Crippen LogP contribution in [-0.4, -0.2) is 22.4 Å². The van der Waals surface area contributed by atoms with Gasteiger partial charge in [0, 0.05) is 19.3 Å². The molecule has 21 heavy (non-hydrogen) atoms. The number of hydrogen-bond acceptors (Lipinski definition) is 2. The first kappa shape index (κ1) is 14.3. The van der Waals surface area contributed by atoms with Gasteiger partial charge in [0.05, 0.1) is 6.20 Å². The van der Waals surface area contributed by atoms with E-state index in [-0.39, 0.29) is 0 Å². The third kappa shape index (κ3) is 3.53. The summed E-state index contributed by atoms with van der Waals surface area (Å²) in [6.07, 6.45) is 7.76. The smallest absolute Gasteiger partial charge is 0.0521 e. The second-order valence-electron chi connectivity index (χ2n) is 6.14. The predicted molar refractivity (Wildman–Crippen MR) is 86.3 cm³/mol. The molecule has 3 heteroatoms. The van der Waals surface area contributed by atoms with Crippen molar-refractivity contribution in [2.24, 2.45) is 13.0 Å². The largest absolute Gasteiger partial charge is 0.314 e. The van der Waals surface area contributed by atoms with E-state index >= 15 is 0 Å². The molecule has 1 aliphatic carbocycles. The van der Waals surface area contributed by atoms with E-state index in [1.165, 1.54) is 24.0 Å². The molecule has 1 aliphatic rings. The van der Waals surface area contributed by atoms with Crippen LogP contribution in [0.3, 0.4) is 0 Å². The van der Waals surface area contributed by atoms with Gasteiger partial charge >= 0.3 is 0 Å². The van der Waals surface area contributed by atoms with E-state index in [2.05, 4.69) is 53.9 Å². The first-order chi connectivity index (χ1) is 10.3. The van der Waals surface area contributed by atoms with Gasteiger partial charge in [0.2, 0.25) is 0 Å². The van der Waals surface area contributed by atoms with Crippen molar-refractivity contribution in [2.75, 3.05) is 6.54 Å². The lowest BCUT2D eigenvalue weighted by molar-refractivity contribution is 0.439. The third-order valence-corrected chi connectivity index (χ3v) is 4.55. The molecule has 0 aliphatic heterocycles. The van der Waals surface area contributed by atoms with E-state index in [1.54, 1.807) is 0 Å². The lowest BCUT2D eigenvalue weighted by Crippen LogP contribution is -2.31. The maximum Gasteiger partial charge on any atom is 0.0521 e. The highest BCUT2D eigenvalue weighted by molar-refractivity contribution is 5.26. The highest BCUT2D eigenvalue weighted by Crippen LogP contribution is 2.50. The van der Waals surface area contributed by atoms with Crippen LogP contribution in [0.5, 0.6) is 0 Å². The second-order valence-corrected chi connectivity index (χ2v) is 6.14. The Kier molecular flexibility index (Phi) is 4.39. The molecule has 0 radical (unpaired) electrons. The van der Waals surface area contributed by atoms with Crippen LogP contribution in [0.1, 0.15) is 36.8 Å². The molecule has 1 heterocycles. The van der Waals surface area contributed by atoms with Crippen LogP contribution in [0.25, 0.3) is 0 Å². The number of aromatic nitrogens is 2. The Hall–Kier alpha value is -1.61. The Morgan fingerprint density at radius 3 is 2.81 bits per heavy atom. The minimum Gasteiger partial charge on any atom is -0.314 e. The van der Waals surface area contributed by atoms with Crippen molar-refractivity contribution >= 4 is 0 Å². The molecule has 1 N–H and O–H groups in total. The molecular formula is C18H25N3. The SMILES string of the molecule is CCNC(CCc1cnn(C)c1)C1CC1c1ccccc1. The van der Waals surface area contributed by atoms with E-state index < -0.39 is 0 Å². The summed E-state index contributed by atoms with van der Waals surface area (Å²) in [5.74, 6) is 1.55. The summed E-state index contributed by atoms with van der Waals surface area (Å²) in [4.78, 5) is 0. The zero-order valence-electron chi connectivity index (χ0n) is 13.0. The van der Waals surface area contributed by atoms with Gasteiger partial charge in [-0.25, -0.2) is 0 Å². The maximum atomic E-state index is 4.26. The molecule has 1 aromatic carbocycles. The number of nitrogens with one attached hydrogen (secondary N) is 1. The normalized spacial score (nSPS) is 22.2. The van der Waals surface area contributed by atoms with Gasteiger partial charge in [-0.3, -0.25) is 4.68 Å². The highest BCUT2D eigenvalue weighted by atomic mass is 15.2. The van der Waals surface area contributed by atoms with E-state index in [0.29, 0.717) is 6.04 Å². The summed E-state index contributed by atoms with van der Waals surface area (Å²) in [6, 6.07) is 11.6. The minimum atomic E-state index is 0.625. The van der Waals surface area contributed by atoms with E-state index in [4.69, 9.17) is 0 Å².